The highest BCUT2D eigenvalue weighted by molar-refractivity contribution is 8.01. The minimum absolute atomic E-state index is 0.00914. The zero-order valence-electron chi connectivity index (χ0n) is 15.1. The van der Waals surface area contributed by atoms with Gasteiger partial charge in [0.05, 0.1) is 6.42 Å². The van der Waals surface area contributed by atoms with Crippen LogP contribution in [0.15, 0.2) is 33.9 Å². The van der Waals surface area contributed by atoms with Crippen molar-refractivity contribution in [1.82, 2.24) is 30.4 Å². The van der Waals surface area contributed by atoms with Crippen LogP contribution in [0.25, 0.3) is 0 Å². The Hall–Kier alpha value is -2.38. The predicted octanol–water partition coefficient (Wildman–Crippen LogP) is 0.345. The average Bonchev–Trinajstić information content (AvgIpc) is 3.35. The van der Waals surface area contributed by atoms with E-state index in [4.69, 9.17) is 0 Å². The second-order valence-electron chi connectivity index (χ2n) is 6.34. The van der Waals surface area contributed by atoms with Crippen LogP contribution in [0.4, 0.5) is 0 Å². The van der Waals surface area contributed by atoms with E-state index in [1.54, 1.807) is 7.05 Å². The minimum atomic E-state index is -1.15. The summed E-state index contributed by atoms with van der Waals surface area (Å²) in [4.78, 5) is 38.9. The maximum atomic E-state index is 12.6. The molecule has 2 aliphatic rings. The first kappa shape index (κ1) is 19.9. The van der Waals surface area contributed by atoms with Crippen LogP contribution in [-0.2, 0) is 27.9 Å². The van der Waals surface area contributed by atoms with Gasteiger partial charge in [0.1, 0.15) is 17.1 Å². The van der Waals surface area contributed by atoms with Gasteiger partial charge in [0.15, 0.2) is 0 Å². The summed E-state index contributed by atoms with van der Waals surface area (Å²) in [5.41, 5.74) is 0.619. The third-order valence-corrected chi connectivity index (χ3v) is 7.75. The summed E-state index contributed by atoms with van der Waals surface area (Å²) < 4.78 is 1.50. The summed E-state index contributed by atoms with van der Waals surface area (Å²) >= 11 is 4.23. The topological polar surface area (TPSA) is 130 Å². The number of aryl methyl sites for hydroxylation is 1. The molecule has 0 unspecified atom stereocenters. The van der Waals surface area contributed by atoms with Gasteiger partial charge in [-0.3, -0.25) is 14.5 Å². The molecule has 1 fully saturated rings. The fourth-order valence-electron chi connectivity index (χ4n) is 3.09. The summed E-state index contributed by atoms with van der Waals surface area (Å²) in [6, 6.07) is 3.01. The van der Waals surface area contributed by atoms with Gasteiger partial charge in [-0.05, 0) is 27.4 Å². The zero-order valence-corrected chi connectivity index (χ0v) is 17.6. The lowest BCUT2D eigenvalue weighted by atomic mass is 10.0. The van der Waals surface area contributed by atoms with Gasteiger partial charge >= 0.3 is 5.97 Å². The number of tetrazole rings is 1. The van der Waals surface area contributed by atoms with Crippen molar-refractivity contribution in [2.24, 2.45) is 7.05 Å². The van der Waals surface area contributed by atoms with Gasteiger partial charge in [-0.1, -0.05) is 17.8 Å². The first-order valence-electron chi connectivity index (χ1n) is 8.52. The number of aliphatic carboxylic acids is 1. The maximum Gasteiger partial charge on any atom is 0.352 e. The monoisotopic (exact) mass is 452 g/mol. The van der Waals surface area contributed by atoms with Crippen LogP contribution >= 0.6 is 34.9 Å². The Bertz CT molecular complexity index is 989. The molecule has 152 valence electrons. The van der Waals surface area contributed by atoms with Gasteiger partial charge in [0.25, 0.3) is 5.91 Å². The average molecular weight is 453 g/mol. The normalized spacial score (nSPS) is 21.0. The molecule has 2 aliphatic heterocycles. The van der Waals surface area contributed by atoms with E-state index in [1.165, 1.54) is 44.4 Å². The predicted molar refractivity (Wildman–Crippen MR) is 107 cm³/mol. The number of thiophene rings is 1. The van der Waals surface area contributed by atoms with Crippen LogP contribution < -0.4 is 5.32 Å². The lowest BCUT2D eigenvalue weighted by molar-refractivity contribution is -0.150. The lowest BCUT2D eigenvalue weighted by Crippen LogP contribution is -2.70. The van der Waals surface area contributed by atoms with E-state index < -0.39 is 23.3 Å². The van der Waals surface area contributed by atoms with Crippen LogP contribution in [-0.4, -0.2) is 70.9 Å². The molecule has 0 saturated carbocycles. The smallest absolute Gasteiger partial charge is 0.352 e. The van der Waals surface area contributed by atoms with E-state index in [9.17, 15) is 19.5 Å². The highest BCUT2D eigenvalue weighted by Crippen LogP contribution is 2.41. The zero-order chi connectivity index (χ0) is 20.5. The number of fused-ring (bicyclic) bond motifs is 1. The van der Waals surface area contributed by atoms with Crippen molar-refractivity contribution in [3.8, 4) is 0 Å². The number of nitrogens with one attached hydrogen (secondary N) is 1. The first-order chi connectivity index (χ1) is 14.0. The van der Waals surface area contributed by atoms with Crippen molar-refractivity contribution >= 4 is 52.6 Å². The van der Waals surface area contributed by atoms with Gasteiger partial charge in [-0.2, -0.15) is 0 Å². The molecule has 0 bridgehead atoms. The number of carbonyl (C=O) groups is 3. The molecular weight excluding hydrogens is 436 g/mol. The Labute approximate surface area is 177 Å². The van der Waals surface area contributed by atoms with Gasteiger partial charge < -0.3 is 10.4 Å². The van der Waals surface area contributed by atoms with E-state index in [-0.39, 0.29) is 18.0 Å². The highest BCUT2D eigenvalue weighted by Gasteiger charge is 2.54. The van der Waals surface area contributed by atoms with E-state index in [2.05, 4.69) is 20.8 Å². The standard InChI is InChI=1S/C16H16N6O4S3/c1-21-16(18-19-20-21)29-7-8-6-28-14-11(13(24)22(14)12(8)15(25)26)17-10(23)5-9-3-2-4-27-9/h2-4,11,14H,5-7H2,1H3,(H,17,23)(H,25,26)/t11-,14+/m0/s1. The summed E-state index contributed by atoms with van der Waals surface area (Å²) in [6.45, 7) is 0. The number of carboxylic acid groups (broad SMARTS) is 1. The van der Waals surface area contributed by atoms with Crippen molar-refractivity contribution < 1.29 is 19.5 Å². The van der Waals surface area contributed by atoms with Gasteiger partial charge in [0.2, 0.25) is 11.1 Å². The number of aromatic nitrogens is 4. The number of hydrogen-bond acceptors (Lipinski definition) is 9. The summed E-state index contributed by atoms with van der Waals surface area (Å²) in [5, 5.41) is 25.6. The molecule has 2 atom stereocenters. The Morgan fingerprint density at radius 1 is 1.45 bits per heavy atom. The number of rotatable bonds is 7. The van der Waals surface area contributed by atoms with Crippen molar-refractivity contribution in [2.75, 3.05) is 11.5 Å². The van der Waals surface area contributed by atoms with Gasteiger partial charge in [-0.25, -0.2) is 9.48 Å². The number of carbonyl (C=O) groups excluding carboxylic acids is 2. The summed E-state index contributed by atoms with van der Waals surface area (Å²) in [5.74, 6) is -0.996. The van der Waals surface area contributed by atoms with Crippen molar-refractivity contribution in [2.45, 2.75) is 23.0 Å². The van der Waals surface area contributed by atoms with Crippen LogP contribution in [0.1, 0.15) is 4.88 Å². The molecule has 2 aromatic heterocycles. The Morgan fingerprint density at radius 2 is 2.28 bits per heavy atom. The van der Waals surface area contributed by atoms with Crippen LogP contribution in [0.5, 0.6) is 0 Å². The number of amides is 2. The molecule has 0 spiro atoms. The second kappa shape index (κ2) is 8.16. The fourth-order valence-corrected chi connectivity index (χ4v) is 6.12. The Morgan fingerprint density at radius 3 is 2.93 bits per heavy atom. The van der Waals surface area contributed by atoms with E-state index in [0.717, 1.165) is 4.88 Å². The largest absolute Gasteiger partial charge is 0.477 e. The number of hydrogen-bond donors (Lipinski definition) is 2. The molecule has 0 radical (unpaired) electrons. The number of nitrogens with zero attached hydrogens (tertiary/aromatic N) is 5. The van der Waals surface area contributed by atoms with E-state index >= 15 is 0 Å². The quantitative estimate of drug-likeness (QED) is 0.451. The van der Waals surface area contributed by atoms with Gasteiger partial charge in [-0.15, -0.1) is 28.2 Å². The highest BCUT2D eigenvalue weighted by atomic mass is 32.2. The third-order valence-electron chi connectivity index (χ3n) is 4.44. The molecule has 0 aromatic carbocycles. The molecule has 4 rings (SSSR count). The molecule has 2 amide bonds. The second-order valence-corrected chi connectivity index (χ2v) is 9.42. The Balaban J connectivity index is 1.45. The van der Waals surface area contributed by atoms with E-state index in [1.807, 2.05) is 17.5 Å². The molecule has 10 nitrogen and oxygen atoms in total. The molecule has 29 heavy (non-hydrogen) atoms. The number of β-lactam (4-membered cyclic amide) rings is 1. The third kappa shape index (κ3) is 3.89. The molecule has 0 aliphatic carbocycles. The van der Waals surface area contributed by atoms with Crippen LogP contribution in [0, 0.1) is 0 Å². The molecule has 2 N–H and O–H groups in total. The van der Waals surface area contributed by atoms with Crippen LogP contribution in [0.3, 0.4) is 0 Å². The number of thioether (sulfide) groups is 2. The first-order valence-corrected chi connectivity index (χ1v) is 11.4. The van der Waals surface area contributed by atoms with Gasteiger partial charge in [0, 0.05) is 23.4 Å². The molecule has 2 aromatic rings. The molecule has 4 heterocycles. The van der Waals surface area contributed by atoms with E-state index in [0.29, 0.717) is 22.2 Å². The summed E-state index contributed by atoms with van der Waals surface area (Å²) in [7, 11) is 1.70. The van der Waals surface area contributed by atoms with Crippen molar-refractivity contribution in [1.29, 1.82) is 0 Å². The SMILES string of the molecule is Cn1nnnc1SCC1=C(C(=O)O)N2C(=O)[C@H](NC(=O)Cc3cccs3)[C@H]2SC1. The van der Waals surface area contributed by atoms with Crippen molar-refractivity contribution in [3.63, 3.8) is 0 Å². The molecule has 13 heteroatoms. The number of carboxylic acids is 1. The molecule has 1 saturated heterocycles. The maximum absolute atomic E-state index is 12.6. The minimum Gasteiger partial charge on any atom is -0.477 e. The molecular formula is C16H16N6O4S3. The fraction of sp³-hybridized carbons (Fsp3) is 0.375. The Kier molecular flexibility index (Phi) is 5.61. The van der Waals surface area contributed by atoms with Crippen LogP contribution in [0.2, 0.25) is 0 Å². The summed E-state index contributed by atoms with van der Waals surface area (Å²) in [6.07, 6.45) is 0.202. The van der Waals surface area contributed by atoms with Crippen molar-refractivity contribution in [3.05, 3.63) is 33.7 Å². The lowest BCUT2D eigenvalue weighted by Gasteiger charge is -2.49.